The molecule has 1 amide bonds. The number of pyridine rings is 1. The zero-order chi connectivity index (χ0) is 18.9. The van der Waals surface area contributed by atoms with E-state index < -0.39 is 0 Å². The van der Waals surface area contributed by atoms with Crippen LogP contribution in [0, 0.1) is 11.8 Å². The minimum absolute atomic E-state index is 0. The molecule has 2 rings (SSSR count). The van der Waals surface area contributed by atoms with Crippen LogP contribution in [-0.2, 0) is 4.79 Å². The number of guanidine groups is 1. The lowest BCUT2D eigenvalue weighted by atomic mass is 9.89. The lowest BCUT2D eigenvalue weighted by molar-refractivity contribution is -0.121. The molecule has 152 valence electrons. The molecule has 0 aliphatic carbocycles. The van der Waals surface area contributed by atoms with Crippen LogP contribution in [-0.4, -0.2) is 55.5 Å². The highest BCUT2D eigenvalue weighted by Crippen LogP contribution is 2.24. The standard InChI is InChI=1S/C20H33N5O.HI/c1-15(2)18(17-6-5-9-23-13-17)14-24-20(22-4)25-10-7-16(8-11-25)12-19(26)21-3;/h5-6,9,13,15-16,18H,7-8,10-12,14H2,1-4H3,(H,21,26)(H,22,24);1H. The average molecular weight is 487 g/mol. The van der Waals surface area contributed by atoms with Gasteiger partial charge in [0.25, 0.3) is 0 Å². The highest BCUT2D eigenvalue weighted by atomic mass is 127. The first-order valence-corrected chi connectivity index (χ1v) is 9.61. The normalized spacial score (nSPS) is 16.6. The summed E-state index contributed by atoms with van der Waals surface area (Å²) in [5.41, 5.74) is 1.26. The van der Waals surface area contributed by atoms with Gasteiger partial charge in [-0.15, -0.1) is 24.0 Å². The van der Waals surface area contributed by atoms with Gasteiger partial charge < -0.3 is 15.5 Å². The highest BCUT2D eigenvalue weighted by molar-refractivity contribution is 14.0. The molecule has 1 aromatic rings. The number of carbonyl (C=O) groups excluding carboxylic acids is 1. The van der Waals surface area contributed by atoms with Crippen molar-refractivity contribution in [1.29, 1.82) is 0 Å². The van der Waals surface area contributed by atoms with Gasteiger partial charge in [0.15, 0.2) is 5.96 Å². The second-order valence-electron chi connectivity index (χ2n) is 7.37. The first-order chi connectivity index (χ1) is 12.5. The van der Waals surface area contributed by atoms with E-state index in [1.54, 1.807) is 7.05 Å². The molecule has 1 saturated heterocycles. The molecule has 6 nitrogen and oxygen atoms in total. The van der Waals surface area contributed by atoms with Crippen LogP contribution in [0.4, 0.5) is 0 Å². The van der Waals surface area contributed by atoms with E-state index in [4.69, 9.17) is 0 Å². The van der Waals surface area contributed by atoms with Gasteiger partial charge in [-0.05, 0) is 36.3 Å². The third-order valence-corrected chi connectivity index (χ3v) is 5.28. The van der Waals surface area contributed by atoms with Gasteiger partial charge in [0, 0.05) is 58.5 Å². The van der Waals surface area contributed by atoms with E-state index in [9.17, 15) is 4.79 Å². The van der Waals surface area contributed by atoms with E-state index in [1.165, 1.54) is 5.56 Å². The summed E-state index contributed by atoms with van der Waals surface area (Å²) in [7, 11) is 3.55. The van der Waals surface area contributed by atoms with Crippen molar-refractivity contribution in [2.75, 3.05) is 33.7 Å². The van der Waals surface area contributed by atoms with Gasteiger partial charge in [0.2, 0.25) is 5.91 Å². The first kappa shape index (κ1) is 23.7. The molecule has 7 heteroatoms. The number of rotatable bonds is 6. The molecule has 2 N–H and O–H groups in total. The molecule has 1 unspecified atom stereocenters. The molecule has 27 heavy (non-hydrogen) atoms. The van der Waals surface area contributed by atoms with Crippen LogP contribution in [0.5, 0.6) is 0 Å². The third-order valence-electron chi connectivity index (χ3n) is 5.28. The number of likely N-dealkylation sites (tertiary alicyclic amines) is 1. The summed E-state index contributed by atoms with van der Waals surface area (Å²) in [5.74, 6) is 2.48. The predicted molar refractivity (Wildman–Crippen MR) is 122 cm³/mol. The fourth-order valence-electron chi connectivity index (χ4n) is 3.58. The lowest BCUT2D eigenvalue weighted by Crippen LogP contribution is -2.47. The number of hydrogen-bond donors (Lipinski definition) is 2. The van der Waals surface area contributed by atoms with Crippen molar-refractivity contribution in [3.05, 3.63) is 30.1 Å². The smallest absolute Gasteiger partial charge is 0.220 e. The molecular formula is C20H34IN5O. The zero-order valence-corrected chi connectivity index (χ0v) is 19.3. The number of aliphatic imine (C=N–C) groups is 1. The van der Waals surface area contributed by atoms with Crippen LogP contribution in [0.2, 0.25) is 0 Å². The maximum atomic E-state index is 11.6. The van der Waals surface area contributed by atoms with Crippen molar-refractivity contribution in [2.24, 2.45) is 16.8 Å². The van der Waals surface area contributed by atoms with Crippen LogP contribution in [0.3, 0.4) is 0 Å². The quantitative estimate of drug-likeness (QED) is 0.368. The number of amides is 1. The topological polar surface area (TPSA) is 69.6 Å². The monoisotopic (exact) mass is 487 g/mol. The van der Waals surface area contributed by atoms with Gasteiger partial charge in [-0.2, -0.15) is 0 Å². The Hall–Kier alpha value is -1.38. The molecule has 0 radical (unpaired) electrons. The molecule has 0 aromatic carbocycles. The number of nitrogens with zero attached hydrogens (tertiary/aromatic N) is 3. The van der Waals surface area contributed by atoms with Crippen LogP contribution in [0.1, 0.15) is 44.6 Å². The Labute approximate surface area is 180 Å². The van der Waals surface area contributed by atoms with Crippen LogP contribution < -0.4 is 10.6 Å². The molecule has 0 bridgehead atoms. The van der Waals surface area contributed by atoms with Gasteiger partial charge in [-0.1, -0.05) is 19.9 Å². The number of piperidine rings is 1. The summed E-state index contributed by atoms with van der Waals surface area (Å²) in [5, 5.41) is 6.28. The van der Waals surface area contributed by atoms with Crippen molar-refractivity contribution in [1.82, 2.24) is 20.5 Å². The number of nitrogens with one attached hydrogen (secondary N) is 2. The van der Waals surface area contributed by atoms with Crippen molar-refractivity contribution < 1.29 is 4.79 Å². The average Bonchev–Trinajstić information content (AvgIpc) is 2.66. The number of halogens is 1. The Morgan fingerprint density at radius 1 is 1.37 bits per heavy atom. The van der Waals surface area contributed by atoms with Crippen LogP contribution in [0.25, 0.3) is 0 Å². The van der Waals surface area contributed by atoms with Crippen molar-refractivity contribution in [3.63, 3.8) is 0 Å². The van der Waals surface area contributed by atoms with E-state index in [2.05, 4.69) is 45.4 Å². The summed E-state index contributed by atoms with van der Waals surface area (Å²) in [6.45, 7) is 7.22. The summed E-state index contributed by atoms with van der Waals surface area (Å²) < 4.78 is 0. The van der Waals surface area contributed by atoms with E-state index in [-0.39, 0.29) is 29.9 Å². The minimum atomic E-state index is 0. The fourth-order valence-corrected chi connectivity index (χ4v) is 3.58. The van der Waals surface area contributed by atoms with Crippen molar-refractivity contribution in [3.8, 4) is 0 Å². The Morgan fingerprint density at radius 3 is 2.59 bits per heavy atom. The van der Waals surface area contributed by atoms with Crippen LogP contribution in [0.15, 0.2) is 29.5 Å². The largest absolute Gasteiger partial charge is 0.359 e. The zero-order valence-electron chi connectivity index (χ0n) is 16.9. The molecule has 2 heterocycles. The number of carbonyl (C=O) groups is 1. The Kier molecular flexibility index (Phi) is 10.6. The summed E-state index contributed by atoms with van der Waals surface area (Å²) >= 11 is 0. The molecule has 1 fully saturated rings. The van der Waals surface area contributed by atoms with Gasteiger partial charge in [0.1, 0.15) is 0 Å². The maximum absolute atomic E-state index is 11.6. The Morgan fingerprint density at radius 2 is 2.07 bits per heavy atom. The number of aromatic nitrogens is 1. The molecule has 1 aliphatic heterocycles. The molecule has 1 aromatic heterocycles. The summed E-state index contributed by atoms with van der Waals surface area (Å²) in [6.07, 6.45) is 6.47. The van der Waals surface area contributed by atoms with E-state index in [0.29, 0.717) is 24.2 Å². The van der Waals surface area contributed by atoms with E-state index in [1.807, 2.05) is 25.5 Å². The molecule has 1 atom stereocenters. The van der Waals surface area contributed by atoms with Crippen molar-refractivity contribution >= 4 is 35.8 Å². The van der Waals surface area contributed by atoms with Crippen LogP contribution >= 0.6 is 24.0 Å². The van der Waals surface area contributed by atoms with E-state index in [0.717, 1.165) is 38.4 Å². The maximum Gasteiger partial charge on any atom is 0.220 e. The first-order valence-electron chi connectivity index (χ1n) is 9.61. The molecular weight excluding hydrogens is 453 g/mol. The van der Waals surface area contributed by atoms with E-state index >= 15 is 0 Å². The molecule has 1 aliphatic rings. The van der Waals surface area contributed by atoms with Gasteiger partial charge in [-0.3, -0.25) is 14.8 Å². The van der Waals surface area contributed by atoms with Crippen molar-refractivity contribution in [2.45, 2.75) is 39.0 Å². The molecule has 0 spiro atoms. The second kappa shape index (κ2) is 12.2. The second-order valence-corrected chi connectivity index (χ2v) is 7.37. The highest BCUT2D eigenvalue weighted by Gasteiger charge is 2.24. The minimum Gasteiger partial charge on any atom is -0.359 e. The summed E-state index contributed by atoms with van der Waals surface area (Å²) in [6, 6.07) is 4.14. The number of hydrogen-bond acceptors (Lipinski definition) is 3. The Balaban J connectivity index is 0.00000364. The predicted octanol–water partition coefficient (Wildman–Crippen LogP) is 2.86. The third kappa shape index (κ3) is 7.27. The van der Waals surface area contributed by atoms with Gasteiger partial charge in [-0.25, -0.2) is 0 Å². The lowest BCUT2D eigenvalue weighted by Gasteiger charge is -2.35. The molecule has 0 saturated carbocycles. The summed E-state index contributed by atoms with van der Waals surface area (Å²) in [4.78, 5) is 22.6. The SMILES string of the molecule is CN=C(NCC(c1cccnc1)C(C)C)N1CCC(CC(=O)NC)CC1.I. The van der Waals surface area contributed by atoms with Gasteiger partial charge >= 0.3 is 0 Å². The Bertz CT molecular complexity index is 585. The van der Waals surface area contributed by atoms with Gasteiger partial charge in [0.05, 0.1) is 0 Å². The fraction of sp³-hybridized carbons (Fsp3) is 0.650.